The van der Waals surface area contributed by atoms with Crippen molar-refractivity contribution >= 4 is 46.2 Å². The van der Waals surface area contributed by atoms with Crippen molar-refractivity contribution in [1.29, 1.82) is 0 Å². The van der Waals surface area contributed by atoms with Crippen LogP contribution in [0.2, 0.25) is 0 Å². The minimum atomic E-state index is -0.311. The van der Waals surface area contributed by atoms with Crippen LogP contribution in [0.15, 0.2) is 40.6 Å². The fourth-order valence-electron chi connectivity index (χ4n) is 2.57. The van der Waals surface area contributed by atoms with Crippen molar-refractivity contribution in [2.75, 3.05) is 13.1 Å². The number of rotatable bonds is 5. The van der Waals surface area contributed by atoms with Crippen LogP contribution in [0.5, 0.6) is 0 Å². The molecule has 1 aliphatic rings. The number of hydrogen-bond acceptors (Lipinski definition) is 5. The first-order valence-corrected chi connectivity index (χ1v) is 9.80. The molecule has 1 saturated heterocycles. The zero-order valence-electron chi connectivity index (χ0n) is 14.4. The Morgan fingerprint density at radius 3 is 2.73 bits per heavy atom. The molecule has 1 aromatic carbocycles. The number of amides is 3. The van der Waals surface area contributed by atoms with Gasteiger partial charge in [0.25, 0.3) is 17.1 Å². The molecule has 0 atom stereocenters. The topological polar surface area (TPSA) is 66.5 Å². The lowest BCUT2D eigenvalue weighted by atomic mass is 10.0. The molecule has 1 N–H and O–H groups in total. The highest BCUT2D eigenvalue weighted by Gasteiger charge is 2.34. The molecule has 134 valence electrons. The van der Waals surface area contributed by atoms with Gasteiger partial charge in [0.15, 0.2) is 0 Å². The number of benzene rings is 1. The van der Waals surface area contributed by atoms with Crippen molar-refractivity contribution < 1.29 is 14.4 Å². The van der Waals surface area contributed by atoms with Crippen LogP contribution in [-0.4, -0.2) is 35.0 Å². The number of thiophene rings is 1. The van der Waals surface area contributed by atoms with E-state index in [9.17, 15) is 14.4 Å². The third-order valence-electron chi connectivity index (χ3n) is 4.16. The zero-order valence-corrected chi connectivity index (χ0v) is 16.1. The maximum absolute atomic E-state index is 12.4. The summed E-state index contributed by atoms with van der Waals surface area (Å²) in [6, 6.07) is 9.34. The molecule has 1 aromatic heterocycles. The second kappa shape index (κ2) is 7.88. The summed E-state index contributed by atoms with van der Waals surface area (Å²) in [6.45, 7) is 4.22. The van der Waals surface area contributed by atoms with E-state index < -0.39 is 0 Å². The maximum Gasteiger partial charge on any atom is 0.293 e. The largest absolute Gasteiger partial charge is 0.350 e. The summed E-state index contributed by atoms with van der Waals surface area (Å²) in [7, 11) is 0. The molecule has 0 radical (unpaired) electrons. The molecule has 2 aromatic rings. The number of carbonyl (C=O) groups excluding carboxylic acids is 3. The Morgan fingerprint density at radius 2 is 2.00 bits per heavy atom. The molecular formula is C19H18N2O3S2. The lowest BCUT2D eigenvalue weighted by molar-refractivity contribution is -0.122. The summed E-state index contributed by atoms with van der Waals surface area (Å²) in [6.07, 6.45) is 1.73. The number of carbonyl (C=O) groups is 3. The molecule has 0 saturated carbocycles. The number of aryl methyl sites for hydroxylation is 1. The van der Waals surface area contributed by atoms with Gasteiger partial charge in [-0.05, 0) is 60.3 Å². The molecule has 3 rings (SSSR count). The number of nitrogens with one attached hydrogen (secondary N) is 1. The van der Waals surface area contributed by atoms with Crippen molar-refractivity contribution in [3.05, 3.63) is 62.2 Å². The van der Waals surface area contributed by atoms with Gasteiger partial charge in [-0.2, -0.15) is 0 Å². The van der Waals surface area contributed by atoms with Crippen LogP contribution in [0.3, 0.4) is 0 Å². The molecule has 3 amide bonds. The van der Waals surface area contributed by atoms with Gasteiger partial charge in [0.1, 0.15) is 0 Å². The molecule has 5 nitrogen and oxygen atoms in total. The van der Waals surface area contributed by atoms with E-state index >= 15 is 0 Å². The van der Waals surface area contributed by atoms with Gasteiger partial charge in [-0.3, -0.25) is 19.3 Å². The molecule has 1 aliphatic heterocycles. The van der Waals surface area contributed by atoms with E-state index in [-0.39, 0.29) is 30.1 Å². The zero-order chi connectivity index (χ0) is 18.7. The molecule has 1 fully saturated rings. The lowest BCUT2D eigenvalue weighted by Gasteiger charge is -2.14. The SMILES string of the molecule is Cc1cccc(C(=O)NCCN2C(=O)S/C(=C\c3cccs3)C2=O)c1C. The summed E-state index contributed by atoms with van der Waals surface area (Å²) in [5.41, 5.74) is 2.58. The van der Waals surface area contributed by atoms with E-state index in [1.54, 1.807) is 12.1 Å². The fourth-order valence-corrected chi connectivity index (χ4v) is 4.16. The highest BCUT2D eigenvalue weighted by Crippen LogP contribution is 2.32. The molecule has 0 unspecified atom stereocenters. The quantitative estimate of drug-likeness (QED) is 0.793. The Balaban J connectivity index is 1.59. The predicted octanol–water partition coefficient (Wildman–Crippen LogP) is 3.83. The van der Waals surface area contributed by atoms with E-state index in [1.807, 2.05) is 43.5 Å². The number of thioether (sulfide) groups is 1. The molecule has 2 heterocycles. The average Bonchev–Trinajstić information content (AvgIpc) is 3.21. The highest BCUT2D eigenvalue weighted by atomic mass is 32.2. The number of nitrogens with zero attached hydrogens (tertiary/aromatic N) is 1. The van der Waals surface area contributed by atoms with Crippen molar-refractivity contribution in [2.45, 2.75) is 13.8 Å². The van der Waals surface area contributed by atoms with Crippen LogP contribution in [-0.2, 0) is 4.79 Å². The minimum absolute atomic E-state index is 0.156. The first kappa shape index (κ1) is 18.4. The monoisotopic (exact) mass is 386 g/mol. The van der Waals surface area contributed by atoms with E-state index in [2.05, 4.69) is 5.32 Å². The van der Waals surface area contributed by atoms with Crippen LogP contribution in [0.25, 0.3) is 6.08 Å². The number of imide groups is 1. The van der Waals surface area contributed by atoms with Gasteiger partial charge in [-0.25, -0.2) is 0 Å². The molecular weight excluding hydrogens is 368 g/mol. The lowest BCUT2D eigenvalue weighted by Crippen LogP contribution is -2.37. The van der Waals surface area contributed by atoms with E-state index in [0.29, 0.717) is 10.5 Å². The Kier molecular flexibility index (Phi) is 5.58. The summed E-state index contributed by atoms with van der Waals surface area (Å²) in [5, 5.41) is 4.39. The fraction of sp³-hybridized carbons (Fsp3) is 0.211. The summed E-state index contributed by atoms with van der Waals surface area (Å²) >= 11 is 2.44. The Morgan fingerprint density at radius 1 is 1.19 bits per heavy atom. The summed E-state index contributed by atoms with van der Waals surface area (Å²) in [5.74, 6) is -0.512. The van der Waals surface area contributed by atoms with Crippen molar-refractivity contribution in [1.82, 2.24) is 10.2 Å². The average molecular weight is 386 g/mol. The molecule has 0 aliphatic carbocycles. The third-order valence-corrected chi connectivity index (χ3v) is 5.89. The van der Waals surface area contributed by atoms with Crippen LogP contribution < -0.4 is 5.32 Å². The Labute approximate surface area is 160 Å². The maximum atomic E-state index is 12.4. The molecule has 26 heavy (non-hydrogen) atoms. The first-order valence-electron chi connectivity index (χ1n) is 8.10. The number of hydrogen-bond donors (Lipinski definition) is 1. The second-order valence-electron chi connectivity index (χ2n) is 5.85. The van der Waals surface area contributed by atoms with E-state index in [0.717, 1.165) is 27.8 Å². The highest BCUT2D eigenvalue weighted by molar-refractivity contribution is 8.18. The summed E-state index contributed by atoms with van der Waals surface area (Å²) in [4.78, 5) is 39.3. The Bertz CT molecular complexity index is 888. The van der Waals surface area contributed by atoms with Crippen molar-refractivity contribution in [3.8, 4) is 0 Å². The second-order valence-corrected chi connectivity index (χ2v) is 7.82. The van der Waals surface area contributed by atoms with Gasteiger partial charge in [0.2, 0.25) is 0 Å². The van der Waals surface area contributed by atoms with Crippen LogP contribution in [0.4, 0.5) is 4.79 Å². The van der Waals surface area contributed by atoms with Gasteiger partial charge < -0.3 is 5.32 Å². The van der Waals surface area contributed by atoms with Crippen LogP contribution in [0.1, 0.15) is 26.4 Å². The smallest absolute Gasteiger partial charge is 0.293 e. The first-order chi connectivity index (χ1) is 12.5. The Hall–Kier alpha value is -2.38. The summed E-state index contributed by atoms with van der Waals surface area (Å²) < 4.78 is 0. The van der Waals surface area contributed by atoms with Gasteiger partial charge in [0, 0.05) is 23.5 Å². The molecule has 0 spiro atoms. The van der Waals surface area contributed by atoms with Crippen LogP contribution in [0, 0.1) is 13.8 Å². The van der Waals surface area contributed by atoms with Crippen molar-refractivity contribution in [2.24, 2.45) is 0 Å². The van der Waals surface area contributed by atoms with Crippen molar-refractivity contribution in [3.63, 3.8) is 0 Å². The molecule has 0 bridgehead atoms. The van der Waals surface area contributed by atoms with Gasteiger partial charge in [0.05, 0.1) is 4.91 Å². The normalized spacial score (nSPS) is 15.8. The molecule has 7 heteroatoms. The van der Waals surface area contributed by atoms with E-state index in [4.69, 9.17) is 0 Å². The van der Waals surface area contributed by atoms with Gasteiger partial charge in [-0.15, -0.1) is 11.3 Å². The van der Waals surface area contributed by atoms with E-state index in [1.165, 1.54) is 16.2 Å². The third kappa shape index (κ3) is 3.89. The predicted molar refractivity (Wildman–Crippen MR) is 105 cm³/mol. The standard InChI is InChI=1S/C19H18N2O3S2/c1-12-5-3-7-15(13(12)2)17(22)20-8-9-21-18(23)16(26-19(21)24)11-14-6-4-10-25-14/h3-7,10-11H,8-9H2,1-2H3,(H,20,22)/b16-11-. The minimum Gasteiger partial charge on any atom is -0.350 e. The van der Waals surface area contributed by atoms with Gasteiger partial charge >= 0.3 is 0 Å². The van der Waals surface area contributed by atoms with Gasteiger partial charge in [-0.1, -0.05) is 18.2 Å². The van der Waals surface area contributed by atoms with Crippen LogP contribution >= 0.6 is 23.1 Å².